The highest BCUT2D eigenvalue weighted by Gasteiger charge is 2.12. The third-order valence-corrected chi connectivity index (χ3v) is 3.82. The predicted octanol–water partition coefficient (Wildman–Crippen LogP) is 3.92. The van der Waals surface area contributed by atoms with Crippen LogP contribution in [-0.2, 0) is 0 Å². The van der Waals surface area contributed by atoms with Crippen molar-refractivity contribution in [1.29, 1.82) is 0 Å². The normalized spacial score (nSPS) is 11.3. The lowest BCUT2D eigenvalue weighted by Gasteiger charge is -2.21. The average molecular weight is 344 g/mol. The van der Waals surface area contributed by atoms with Crippen LogP contribution in [0.15, 0.2) is 12.1 Å². The van der Waals surface area contributed by atoms with Crippen LogP contribution in [0.1, 0.15) is 37.8 Å². The van der Waals surface area contributed by atoms with Crippen molar-refractivity contribution in [2.75, 3.05) is 31.6 Å². The summed E-state index contributed by atoms with van der Waals surface area (Å²) in [7, 11) is 0. The van der Waals surface area contributed by atoms with Gasteiger partial charge in [-0.3, -0.25) is 4.90 Å². The van der Waals surface area contributed by atoms with Crippen LogP contribution in [-0.4, -0.2) is 41.6 Å². The summed E-state index contributed by atoms with van der Waals surface area (Å²) in [5, 5.41) is 10.8. The Labute approximate surface area is 131 Å². The van der Waals surface area contributed by atoms with Gasteiger partial charge in [-0.1, -0.05) is 36.7 Å². The molecule has 0 saturated heterocycles. The smallest absolute Gasteiger partial charge is 0.123 e. The van der Waals surface area contributed by atoms with E-state index in [0.717, 1.165) is 41.8 Å². The van der Waals surface area contributed by atoms with Crippen molar-refractivity contribution in [3.05, 3.63) is 23.3 Å². The first-order valence-corrected chi connectivity index (χ1v) is 8.36. The van der Waals surface area contributed by atoms with E-state index in [4.69, 9.17) is 4.74 Å². The topological polar surface area (TPSA) is 32.7 Å². The molecule has 0 spiro atoms. The number of alkyl halides is 1. The molecule has 0 aromatic heterocycles. The molecule has 0 bridgehead atoms. The lowest BCUT2D eigenvalue weighted by molar-refractivity contribution is 0.222. The van der Waals surface area contributed by atoms with E-state index in [1.807, 2.05) is 19.1 Å². The van der Waals surface area contributed by atoms with Crippen LogP contribution in [0.25, 0.3) is 0 Å². The molecule has 0 heterocycles. The fourth-order valence-electron chi connectivity index (χ4n) is 2.09. The lowest BCUT2D eigenvalue weighted by Crippen LogP contribution is -2.30. The third kappa shape index (κ3) is 4.98. The molecule has 0 saturated carbocycles. The molecule has 0 unspecified atom stereocenters. The Morgan fingerprint density at radius 1 is 1.30 bits per heavy atom. The zero-order chi connectivity index (χ0) is 15.1. The molecular weight excluding hydrogens is 318 g/mol. The molecule has 0 atom stereocenters. The van der Waals surface area contributed by atoms with Gasteiger partial charge in [0.05, 0.1) is 0 Å². The Hall–Kier alpha value is -0.740. The van der Waals surface area contributed by atoms with E-state index in [9.17, 15) is 5.11 Å². The number of hydrogen-bond acceptors (Lipinski definition) is 3. The van der Waals surface area contributed by atoms with Crippen molar-refractivity contribution in [3.63, 3.8) is 0 Å². The molecule has 1 aromatic carbocycles. The van der Waals surface area contributed by atoms with Crippen LogP contribution >= 0.6 is 15.9 Å². The van der Waals surface area contributed by atoms with Gasteiger partial charge in [0.25, 0.3) is 0 Å². The van der Waals surface area contributed by atoms with Gasteiger partial charge in [-0.2, -0.15) is 0 Å². The SMILES string of the molecule is CCN(CCBr)CCOc1cc(C)c(O)cc1C(C)C. The second-order valence-electron chi connectivity index (χ2n) is 5.30. The van der Waals surface area contributed by atoms with Gasteiger partial charge in [-0.05, 0) is 37.1 Å². The van der Waals surface area contributed by atoms with Crippen LogP contribution in [0.2, 0.25) is 0 Å². The molecule has 4 heteroatoms. The summed E-state index contributed by atoms with van der Waals surface area (Å²) in [5.74, 6) is 1.57. The van der Waals surface area contributed by atoms with E-state index in [1.54, 1.807) is 0 Å². The van der Waals surface area contributed by atoms with Gasteiger partial charge in [0, 0.05) is 24.0 Å². The summed E-state index contributed by atoms with van der Waals surface area (Å²) in [6, 6.07) is 3.76. The number of phenolic OH excluding ortho intramolecular Hbond substituents is 1. The van der Waals surface area contributed by atoms with Gasteiger partial charge in [0.1, 0.15) is 18.1 Å². The van der Waals surface area contributed by atoms with Crippen molar-refractivity contribution >= 4 is 15.9 Å². The van der Waals surface area contributed by atoms with Gasteiger partial charge in [0.2, 0.25) is 0 Å². The Morgan fingerprint density at radius 2 is 2.00 bits per heavy atom. The quantitative estimate of drug-likeness (QED) is 0.726. The zero-order valence-corrected chi connectivity index (χ0v) is 14.5. The molecule has 114 valence electrons. The summed E-state index contributed by atoms with van der Waals surface area (Å²) < 4.78 is 5.94. The highest BCUT2D eigenvalue weighted by atomic mass is 79.9. The summed E-state index contributed by atoms with van der Waals surface area (Å²) in [6.07, 6.45) is 0. The van der Waals surface area contributed by atoms with Crippen molar-refractivity contribution in [2.45, 2.75) is 33.6 Å². The van der Waals surface area contributed by atoms with Crippen molar-refractivity contribution in [2.24, 2.45) is 0 Å². The fraction of sp³-hybridized carbons (Fsp3) is 0.625. The number of benzene rings is 1. The molecular formula is C16H26BrNO2. The number of rotatable bonds is 8. The monoisotopic (exact) mass is 343 g/mol. The molecule has 1 rings (SSSR count). The second kappa shape index (κ2) is 8.53. The number of likely N-dealkylation sites (N-methyl/N-ethyl adjacent to an activating group) is 1. The van der Waals surface area contributed by atoms with Crippen LogP contribution in [0.5, 0.6) is 11.5 Å². The summed E-state index contributed by atoms with van der Waals surface area (Å²) in [5.41, 5.74) is 1.92. The average Bonchev–Trinajstić information content (AvgIpc) is 2.41. The fourth-order valence-corrected chi connectivity index (χ4v) is 2.60. The Bertz CT molecular complexity index is 421. The van der Waals surface area contributed by atoms with Gasteiger partial charge in [-0.25, -0.2) is 0 Å². The van der Waals surface area contributed by atoms with Crippen molar-refractivity contribution in [3.8, 4) is 11.5 Å². The van der Waals surface area contributed by atoms with E-state index in [-0.39, 0.29) is 0 Å². The predicted molar refractivity (Wildman–Crippen MR) is 88.3 cm³/mol. The molecule has 3 nitrogen and oxygen atoms in total. The van der Waals surface area contributed by atoms with Crippen LogP contribution in [0, 0.1) is 6.92 Å². The number of phenols is 1. The minimum absolute atomic E-state index is 0.335. The molecule has 1 N–H and O–H groups in total. The van der Waals surface area contributed by atoms with Gasteiger partial charge >= 0.3 is 0 Å². The van der Waals surface area contributed by atoms with Crippen LogP contribution < -0.4 is 4.74 Å². The van der Waals surface area contributed by atoms with Crippen molar-refractivity contribution in [1.82, 2.24) is 4.90 Å². The number of halogens is 1. The third-order valence-electron chi connectivity index (χ3n) is 3.46. The maximum atomic E-state index is 9.83. The minimum Gasteiger partial charge on any atom is -0.508 e. The summed E-state index contributed by atoms with van der Waals surface area (Å²) >= 11 is 3.47. The van der Waals surface area contributed by atoms with E-state index < -0.39 is 0 Å². The highest BCUT2D eigenvalue weighted by Crippen LogP contribution is 2.32. The molecule has 0 aliphatic carbocycles. The van der Waals surface area contributed by atoms with Gasteiger partial charge in [-0.15, -0.1) is 0 Å². The van der Waals surface area contributed by atoms with E-state index in [0.29, 0.717) is 18.3 Å². The molecule has 0 aliphatic heterocycles. The number of aryl methyl sites for hydroxylation is 1. The largest absolute Gasteiger partial charge is 0.508 e. The summed E-state index contributed by atoms with van der Waals surface area (Å²) in [4.78, 5) is 2.34. The van der Waals surface area contributed by atoms with Gasteiger partial charge in [0.15, 0.2) is 0 Å². The first-order chi connectivity index (χ1) is 9.49. The Kier molecular flexibility index (Phi) is 7.38. The van der Waals surface area contributed by atoms with E-state index >= 15 is 0 Å². The second-order valence-corrected chi connectivity index (χ2v) is 6.10. The van der Waals surface area contributed by atoms with E-state index in [1.165, 1.54) is 0 Å². The Morgan fingerprint density at radius 3 is 2.55 bits per heavy atom. The minimum atomic E-state index is 0.335. The maximum absolute atomic E-state index is 9.83. The lowest BCUT2D eigenvalue weighted by atomic mass is 10.00. The zero-order valence-electron chi connectivity index (χ0n) is 12.9. The number of ether oxygens (including phenoxy) is 1. The number of aromatic hydroxyl groups is 1. The molecule has 0 fully saturated rings. The van der Waals surface area contributed by atoms with Crippen LogP contribution in [0.4, 0.5) is 0 Å². The number of nitrogens with zero attached hydrogens (tertiary/aromatic N) is 1. The standard InChI is InChI=1S/C16H26BrNO2/c1-5-18(7-6-17)8-9-20-16-10-13(4)15(19)11-14(16)12(2)3/h10-12,19H,5-9H2,1-4H3. The first kappa shape index (κ1) is 17.3. The maximum Gasteiger partial charge on any atom is 0.123 e. The Balaban J connectivity index is 2.69. The van der Waals surface area contributed by atoms with Crippen LogP contribution in [0.3, 0.4) is 0 Å². The molecule has 20 heavy (non-hydrogen) atoms. The first-order valence-electron chi connectivity index (χ1n) is 7.24. The molecule has 0 radical (unpaired) electrons. The number of hydrogen-bond donors (Lipinski definition) is 1. The summed E-state index contributed by atoms with van der Waals surface area (Å²) in [6.45, 7) is 11.9. The molecule has 0 aliphatic rings. The van der Waals surface area contributed by atoms with Gasteiger partial charge < -0.3 is 9.84 Å². The molecule has 0 amide bonds. The highest BCUT2D eigenvalue weighted by molar-refractivity contribution is 9.09. The van der Waals surface area contributed by atoms with Crippen molar-refractivity contribution < 1.29 is 9.84 Å². The molecule has 1 aromatic rings. The van der Waals surface area contributed by atoms with E-state index in [2.05, 4.69) is 41.6 Å².